The molecule has 1 amide bonds. The van der Waals surface area contributed by atoms with E-state index in [0.717, 1.165) is 82.9 Å². The Hall–Kier alpha value is -3.28. The predicted molar refractivity (Wildman–Crippen MR) is 156 cm³/mol. The number of fused-ring (bicyclic) bond motifs is 4. The summed E-state index contributed by atoms with van der Waals surface area (Å²) in [5.74, 6) is 0.390. The zero-order chi connectivity index (χ0) is 28.1. The highest BCUT2D eigenvalue weighted by Crippen LogP contribution is 2.55. The number of nitrogens with zero attached hydrogens (tertiary/aromatic N) is 5. The maximum absolute atomic E-state index is 13.2. The summed E-state index contributed by atoms with van der Waals surface area (Å²) < 4.78 is 35.3. The molecule has 2 fully saturated rings. The Morgan fingerprint density at radius 2 is 1.82 bits per heavy atom. The largest absolute Gasteiger partial charge is 0.476 e. The van der Waals surface area contributed by atoms with Gasteiger partial charge < -0.3 is 14.5 Å². The number of carbonyl (C=O) groups excluding carboxylic acids is 1. The van der Waals surface area contributed by atoms with Gasteiger partial charge in [0.1, 0.15) is 5.69 Å². The zero-order valence-corrected chi connectivity index (χ0v) is 24.1. The molecule has 11 heteroatoms. The number of likely N-dealkylation sites (N-methyl/N-ethyl adjacent to an activating group) is 1. The first-order chi connectivity index (χ1) is 19.2. The average molecular weight is 565 g/mol. The third-order valence-corrected chi connectivity index (χ3v) is 10.0. The second kappa shape index (κ2) is 10.3. The summed E-state index contributed by atoms with van der Waals surface area (Å²) in [4.78, 5) is 26.5. The molecule has 40 heavy (non-hydrogen) atoms. The number of pyridine rings is 2. The van der Waals surface area contributed by atoms with Crippen molar-refractivity contribution in [3.8, 4) is 17.0 Å². The van der Waals surface area contributed by atoms with Crippen LogP contribution in [0.15, 0.2) is 36.7 Å². The van der Waals surface area contributed by atoms with Crippen molar-refractivity contribution in [2.24, 2.45) is 0 Å². The number of benzene rings is 1. The van der Waals surface area contributed by atoms with E-state index in [9.17, 15) is 13.2 Å². The van der Waals surface area contributed by atoms with Gasteiger partial charge >= 0.3 is 10.2 Å². The number of amides is 1. The van der Waals surface area contributed by atoms with Crippen molar-refractivity contribution in [3.05, 3.63) is 42.2 Å². The molecule has 4 heterocycles. The number of hydrogen-bond donors (Lipinski definition) is 1. The molecule has 1 aliphatic carbocycles. The van der Waals surface area contributed by atoms with E-state index in [-0.39, 0.29) is 17.5 Å². The van der Waals surface area contributed by atoms with E-state index in [0.29, 0.717) is 6.61 Å². The van der Waals surface area contributed by atoms with Gasteiger partial charge in [0.25, 0.3) is 0 Å². The van der Waals surface area contributed by atoms with Crippen molar-refractivity contribution in [1.29, 1.82) is 0 Å². The molecule has 2 aliphatic heterocycles. The quantitative estimate of drug-likeness (QED) is 0.394. The van der Waals surface area contributed by atoms with E-state index >= 15 is 0 Å². The molecular formula is C29H36N6O4S. The van der Waals surface area contributed by atoms with Crippen LogP contribution in [0, 0.1) is 0 Å². The highest BCUT2D eigenvalue weighted by Gasteiger charge is 2.54. The first-order valence-corrected chi connectivity index (χ1v) is 15.4. The van der Waals surface area contributed by atoms with Crippen LogP contribution in [0.4, 0.5) is 11.4 Å². The summed E-state index contributed by atoms with van der Waals surface area (Å²) in [7, 11) is 0.989. The molecule has 1 spiro atoms. The average Bonchev–Trinajstić information content (AvgIpc) is 3.51. The van der Waals surface area contributed by atoms with Crippen LogP contribution in [-0.4, -0.2) is 80.9 Å². The molecule has 212 valence electrons. The zero-order valence-electron chi connectivity index (χ0n) is 23.3. The summed E-state index contributed by atoms with van der Waals surface area (Å²) in [5, 5.41) is 0.949. The Bertz CT molecular complexity index is 1560. The van der Waals surface area contributed by atoms with Crippen LogP contribution in [-0.2, 0) is 20.4 Å². The molecule has 3 aliphatic rings. The highest BCUT2D eigenvalue weighted by molar-refractivity contribution is 7.90. The Morgan fingerprint density at radius 1 is 1.05 bits per heavy atom. The first kappa shape index (κ1) is 26.9. The van der Waals surface area contributed by atoms with Crippen molar-refractivity contribution in [2.45, 2.75) is 43.9 Å². The number of likely N-dealkylation sites (tertiary alicyclic amines) is 1. The highest BCUT2D eigenvalue weighted by atomic mass is 32.2. The van der Waals surface area contributed by atoms with E-state index in [4.69, 9.17) is 4.74 Å². The molecule has 2 aromatic heterocycles. The van der Waals surface area contributed by atoms with Gasteiger partial charge in [0.05, 0.1) is 29.4 Å². The van der Waals surface area contributed by atoms with Gasteiger partial charge in [0.2, 0.25) is 11.8 Å². The Labute approximate surface area is 235 Å². The molecule has 1 saturated carbocycles. The van der Waals surface area contributed by atoms with Crippen molar-refractivity contribution in [2.75, 3.05) is 57.0 Å². The number of anilines is 2. The van der Waals surface area contributed by atoms with E-state index in [1.807, 2.05) is 25.2 Å². The van der Waals surface area contributed by atoms with Crippen molar-refractivity contribution in [1.82, 2.24) is 19.2 Å². The Balaban J connectivity index is 1.34. The molecule has 0 unspecified atom stereocenters. The number of nitrogens with one attached hydrogen (secondary N) is 1. The van der Waals surface area contributed by atoms with Gasteiger partial charge in [0, 0.05) is 50.4 Å². The van der Waals surface area contributed by atoms with Crippen LogP contribution in [0.3, 0.4) is 0 Å². The number of rotatable bonds is 9. The predicted octanol–water partition coefficient (Wildman–Crippen LogP) is 3.78. The van der Waals surface area contributed by atoms with Gasteiger partial charge in [0.15, 0.2) is 0 Å². The lowest BCUT2D eigenvalue weighted by Gasteiger charge is -2.37. The van der Waals surface area contributed by atoms with Gasteiger partial charge in [-0.15, -0.1) is 0 Å². The van der Waals surface area contributed by atoms with Crippen molar-refractivity contribution in [3.63, 3.8) is 0 Å². The molecule has 1 aromatic carbocycles. The molecule has 10 nitrogen and oxygen atoms in total. The summed E-state index contributed by atoms with van der Waals surface area (Å²) in [6.07, 6.45) is 9.53. The summed E-state index contributed by atoms with van der Waals surface area (Å²) in [6.45, 7) is 3.64. The fourth-order valence-electron chi connectivity index (χ4n) is 6.14. The number of hydrogen-bond acceptors (Lipinski definition) is 7. The molecular weight excluding hydrogens is 528 g/mol. The standard InChI is InChI=1S/C29H36N6O4S/c1-33(2)40(37,38)32-24-17-21(18-31-27(24)39-15-7-14-35-12-4-5-13-35)20-8-9-23-22(16-20)26-25(19-30-23)34(3)28(36)29(26)10-6-11-29/h8-9,16-19,32H,4-7,10-15H2,1-3H3. The Morgan fingerprint density at radius 3 is 2.52 bits per heavy atom. The van der Waals surface area contributed by atoms with E-state index < -0.39 is 15.6 Å². The van der Waals surface area contributed by atoms with Gasteiger partial charge in [-0.05, 0) is 69.0 Å². The molecule has 3 aromatic rings. The third kappa shape index (κ3) is 4.59. The van der Waals surface area contributed by atoms with Gasteiger partial charge in [-0.2, -0.15) is 12.7 Å². The summed E-state index contributed by atoms with van der Waals surface area (Å²) >= 11 is 0. The molecule has 0 atom stereocenters. The second-order valence-electron chi connectivity index (χ2n) is 11.3. The smallest absolute Gasteiger partial charge is 0.301 e. The molecule has 6 rings (SSSR count). The fourth-order valence-corrected chi connectivity index (χ4v) is 6.75. The maximum atomic E-state index is 13.2. The minimum absolute atomic E-state index is 0.140. The van der Waals surface area contributed by atoms with Crippen LogP contribution in [0.5, 0.6) is 5.88 Å². The molecule has 0 radical (unpaired) electrons. The third-order valence-electron chi connectivity index (χ3n) is 8.57. The lowest BCUT2D eigenvalue weighted by atomic mass is 9.64. The number of carbonyl (C=O) groups is 1. The SMILES string of the molecule is CN1C(=O)C2(CCC2)c2c1cnc1ccc(-c3cnc(OCCCN4CCCC4)c(NS(=O)(=O)N(C)C)c3)cc21. The molecule has 0 bridgehead atoms. The number of ether oxygens (including phenoxy) is 1. The minimum Gasteiger partial charge on any atom is -0.476 e. The van der Waals surface area contributed by atoms with Gasteiger partial charge in [-0.25, -0.2) is 4.98 Å². The van der Waals surface area contributed by atoms with Crippen LogP contribution in [0.1, 0.15) is 44.1 Å². The van der Waals surface area contributed by atoms with Crippen molar-refractivity contribution < 1.29 is 17.9 Å². The lowest BCUT2D eigenvalue weighted by molar-refractivity contribution is -0.125. The van der Waals surface area contributed by atoms with Crippen LogP contribution >= 0.6 is 0 Å². The van der Waals surface area contributed by atoms with E-state index in [1.165, 1.54) is 26.9 Å². The van der Waals surface area contributed by atoms with Gasteiger partial charge in [-0.1, -0.05) is 12.5 Å². The summed E-state index contributed by atoms with van der Waals surface area (Å²) in [6, 6.07) is 7.71. The topological polar surface area (TPSA) is 108 Å². The number of aromatic nitrogens is 2. The second-order valence-corrected chi connectivity index (χ2v) is 13.2. The van der Waals surface area contributed by atoms with Crippen LogP contribution in [0.25, 0.3) is 22.0 Å². The van der Waals surface area contributed by atoms with Crippen LogP contribution in [0.2, 0.25) is 0 Å². The molecule has 1 N–H and O–H groups in total. The van der Waals surface area contributed by atoms with E-state index in [2.05, 4.69) is 19.6 Å². The first-order valence-electron chi connectivity index (χ1n) is 14.0. The van der Waals surface area contributed by atoms with Crippen LogP contribution < -0.4 is 14.4 Å². The maximum Gasteiger partial charge on any atom is 0.301 e. The van der Waals surface area contributed by atoms with Gasteiger partial charge in [-0.3, -0.25) is 14.5 Å². The fraction of sp³-hybridized carbons (Fsp3) is 0.483. The molecule has 1 saturated heterocycles. The van der Waals surface area contributed by atoms with E-state index in [1.54, 1.807) is 23.4 Å². The Kier molecular flexibility index (Phi) is 6.92. The van der Waals surface area contributed by atoms with Crippen molar-refractivity contribution >= 4 is 38.4 Å². The monoisotopic (exact) mass is 564 g/mol. The summed E-state index contributed by atoms with van der Waals surface area (Å²) in [5.41, 5.74) is 4.16. The lowest BCUT2D eigenvalue weighted by Crippen LogP contribution is -2.43. The minimum atomic E-state index is -3.78. The normalized spacial score (nSPS) is 18.5.